The Morgan fingerprint density at radius 1 is 1.19 bits per heavy atom. The van der Waals surface area contributed by atoms with E-state index in [4.69, 9.17) is 21.1 Å². The van der Waals surface area contributed by atoms with E-state index in [9.17, 15) is 13.2 Å². The molecule has 0 aliphatic heterocycles. The van der Waals surface area contributed by atoms with E-state index in [1.54, 1.807) is 49.4 Å². The fourth-order valence-electron chi connectivity index (χ4n) is 2.20. The zero-order valence-electron chi connectivity index (χ0n) is 15.4. The molecule has 0 spiro atoms. The molecule has 0 unspecified atom stereocenters. The normalized spacial score (nSPS) is 12.2. The molecule has 0 aliphatic carbocycles. The number of methoxy groups -OCH3 is 1. The fraction of sp³-hybridized carbons (Fsp3) is 0.278. The van der Waals surface area contributed by atoms with Crippen LogP contribution in [-0.4, -0.2) is 40.8 Å². The van der Waals surface area contributed by atoms with E-state index in [1.165, 1.54) is 14.2 Å². The molecular weight excluding hydrogens is 392 g/mol. The summed E-state index contributed by atoms with van der Waals surface area (Å²) in [5.41, 5.74) is 0.932. The van der Waals surface area contributed by atoms with Gasteiger partial charge in [0, 0.05) is 12.1 Å². The van der Waals surface area contributed by atoms with Crippen LogP contribution in [0.5, 0.6) is 11.5 Å². The standard InChI is InChI=1S/C18H21ClN2O5S/c1-12(18(22)20-16-11-13(19)5-10-17(16)25-3)26-15-8-6-14(7-9-15)21(2)27(4,23)24/h5-12H,1-4H3,(H,20,22)/t12-/m0/s1. The second-order valence-corrected chi connectivity index (χ2v) is 8.27. The Morgan fingerprint density at radius 2 is 1.81 bits per heavy atom. The number of nitrogens with one attached hydrogen (secondary N) is 1. The van der Waals surface area contributed by atoms with Gasteiger partial charge in [-0.3, -0.25) is 9.10 Å². The average Bonchev–Trinajstić information content (AvgIpc) is 2.61. The number of hydrogen-bond donors (Lipinski definition) is 1. The van der Waals surface area contributed by atoms with Gasteiger partial charge in [-0.2, -0.15) is 0 Å². The largest absolute Gasteiger partial charge is 0.495 e. The highest BCUT2D eigenvalue weighted by molar-refractivity contribution is 7.92. The molecule has 1 amide bonds. The Bertz CT molecular complexity index is 916. The molecule has 2 rings (SSSR count). The SMILES string of the molecule is COc1ccc(Cl)cc1NC(=O)[C@H](C)Oc1ccc(N(C)S(C)(=O)=O)cc1. The van der Waals surface area contributed by atoms with Gasteiger partial charge in [0.05, 0.1) is 24.7 Å². The number of hydrogen-bond acceptors (Lipinski definition) is 5. The number of halogens is 1. The van der Waals surface area contributed by atoms with Crippen molar-refractivity contribution >= 4 is 38.9 Å². The summed E-state index contributed by atoms with van der Waals surface area (Å²) in [7, 11) is -0.392. The van der Waals surface area contributed by atoms with Crippen molar-refractivity contribution in [2.24, 2.45) is 0 Å². The van der Waals surface area contributed by atoms with Gasteiger partial charge in [-0.05, 0) is 49.4 Å². The first-order chi connectivity index (χ1) is 12.6. The minimum Gasteiger partial charge on any atom is -0.495 e. The minimum atomic E-state index is -3.34. The van der Waals surface area contributed by atoms with E-state index in [0.717, 1.165) is 10.6 Å². The van der Waals surface area contributed by atoms with Gasteiger partial charge in [0.1, 0.15) is 11.5 Å². The van der Waals surface area contributed by atoms with Crippen molar-refractivity contribution in [1.82, 2.24) is 0 Å². The first-order valence-electron chi connectivity index (χ1n) is 7.97. The van der Waals surface area contributed by atoms with E-state index in [2.05, 4.69) is 5.32 Å². The topological polar surface area (TPSA) is 84.9 Å². The maximum absolute atomic E-state index is 12.4. The van der Waals surface area contributed by atoms with Gasteiger partial charge < -0.3 is 14.8 Å². The van der Waals surface area contributed by atoms with Crippen LogP contribution in [0.25, 0.3) is 0 Å². The summed E-state index contributed by atoms with van der Waals surface area (Å²) in [5.74, 6) is 0.530. The third-order valence-electron chi connectivity index (χ3n) is 3.80. The number of benzene rings is 2. The number of anilines is 2. The highest BCUT2D eigenvalue weighted by Crippen LogP contribution is 2.28. The summed E-state index contributed by atoms with van der Waals surface area (Å²) < 4.78 is 35.1. The number of amides is 1. The number of sulfonamides is 1. The number of rotatable bonds is 7. The van der Waals surface area contributed by atoms with Crippen molar-refractivity contribution in [3.05, 3.63) is 47.5 Å². The van der Waals surface area contributed by atoms with E-state index in [-0.39, 0.29) is 5.91 Å². The summed E-state index contributed by atoms with van der Waals surface area (Å²) >= 11 is 5.95. The summed E-state index contributed by atoms with van der Waals surface area (Å²) in [4.78, 5) is 12.4. The summed E-state index contributed by atoms with van der Waals surface area (Å²) in [6, 6.07) is 11.3. The lowest BCUT2D eigenvalue weighted by Crippen LogP contribution is -2.30. The van der Waals surface area contributed by atoms with Crippen LogP contribution >= 0.6 is 11.6 Å². The van der Waals surface area contributed by atoms with Crippen molar-refractivity contribution in [3.8, 4) is 11.5 Å². The van der Waals surface area contributed by atoms with E-state index < -0.39 is 16.1 Å². The highest BCUT2D eigenvalue weighted by atomic mass is 35.5. The molecule has 27 heavy (non-hydrogen) atoms. The van der Waals surface area contributed by atoms with E-state index in [0.29, 0.717) is 27.9 Å². The number of nitrogens with zero attached hydrogens (tertiary/aromatic N) is 1. The van der Waals surface area contributed by atoms with Gasteiger partial charge in [0.2, 0.25) is 10.0 Å². The average molecular weight is 413 g/mol. The molecule has 2 aromatic carbocycles. The molecule has 0 fully saturated rings. The van der Waals surface area contributed by atoms with Crippen LogP contribution < -0.4 is 19.1 Å². The van der Waals surface area contributed by atoms with Crippen LogP contribution in [0.15, 0.2) is 42.5 Å². The molecule has 0 saturated heterocycles. The molecule has 1 atom stereocenters. The third-order valence-corrected chi connectivity index (χ3v) is 5.24. The van der Waals surface area contributed by atoms with Crippen LogP contribution in [0.4, 0.5) is 11.4 Å². The van der Waals surface area contributed by atoms with E-state index in [1.807, 2.05) is 0 Å². The van der Waals surface area contributed by atoms with Crippen molar-refractivity contribution in [2.75, 3.05) is 30.0 Å². The molecule has 1 N–H and O–H groups in total. The molecule has 9 heteroatoms. The van der Waals surface area contributed by atoms with Crippen molar-refractivity contribution in [3.63, 3.8) is 0 Å². The van der Waals surface area contributed by atoms with Gasteiger partial charge in [-0.25, -0.2) is 8.42 Å². The lowest BCUT2D eigenvalue weighted by molar-refractivity contribution is -0.122. The Balaban J connectivity index is 2.05. The lowest BCUT2D eigenvalue weighted by Gasteiger charge is -2.18. The molecule has 0 bridgehead atoms. The Kier molecular flexibility index (Phi) is 6.56. The second kappa shape index (κ2) is 8.49. The van der Waals surface area contributed by atoms with Crippen LogP contribution in [0.3, 0.4) is 0 Å². The maximum Gasteiger partial charge on any atom is 0.265 e. The predicted molar refractivity (Wildman–Crippen MR) is 106 cm³/mol. The smallest absolute Gasteiger partial charge is 0.265 e. The lowest BCUT2D eigenvalue weighted by atomic mass is 10.2. The first-order valence-corrected chi connectivity index (χ1v) is 10.2. The maximum atomic E-state index is 12.4. The van der Waals surface area contributed by atoms with Crippen molar-refractivity contribution < 1.29 is 22.7 Å². The predicted octanol–water partition coefficient (Wildman–Crippen LogP) is 3.15. The molecule has 0 saturated carbocycles. The minimum absolute atomic E-state index is 0.382. The van der Waals surface area contributed by atoms with Gasteiger partial charge >= 0.3 is 0 Å². The first kappa shape index (κ1) is 20.9. The fourth-order valence-corrected chi connectivity index (χ4v) is 2.87. The molecule has 0 heterocycles. The Labute approximate surface area is 163 Å². The molecule has 0 aliphatic rings. The zero-order valence-corrected chi connectivity index (χ0v) is 17.0. The number of ether oxygens (including phenoxy) is 2. The second-order valence-electron chi connectivity index (χ2n) is 5.82. The van der Waals surface area contributed by atoms with Crippen LogP contribution in [-0.2, 0) is 14.8 Å². The monoisotopic (exact) mass is 412 g/mol. The van der Waals surface area contributed by atoms with Crippen LogP contribution in [0, 0.1) is 0 Å². The molecule has 0 aromatic heterocycles. The molecule has 146 valence electrons. The van der Waals surface area contributed by atoms with Gasteiger partial charge in [-0.15, -0.1) is 0 Å². The van der Waals surface area contributed by atoms with Crippen molar-refractivity contribution in [2.45, 2.75) is 13.0 Å². The van der Waals surface area contributed by atoms with Crippen LogP contribution in [0.2, 0.25) is 5.02 Å². The zero-order chi connectivity index (χ0) is 20.2. The number of carbonyl (C=O) groups is 1. The van der Waals surface area contributed by atoms with E-state index >= 15 is 0 Å². The molecule has 0 radical (unpaired) electrons. The molecule has 2 aromatic rings. The van der Waals surface area contributed by atoms with Gasteiger partial charge in [0.15, 0.2) is 6.10 Å². The van der Waals surface area contributed by atoms with Gasteiger partial charge in [0.25, 0.3) is 5.91 Å². The highest BCUT2D eigenvalue weighted by Gasteiger charge is 2.18. The molecule has 7 nitrogen and oxygen atoms in total. The van der Waals surface area contributed by atoms with Crippen molar-refractivity contribution in [1.29, 1.82) is 0 Å². The Hall–Kier alpha value is -2.45. The quantitative estimate of drug-likeness (QED) is 0.755. The van der Waals surface area contributed by atoms with Crippen LogP contribution in [0.1, 0.15) is 6.92 Å². The summed E-state index contributed by atoms with van der Waals surface area (Å²) in [6.45, 7) is 1.60. The summed E-state index contributed by atoms with van der Waals surface area (Å²) in [6.07, 6.45) is 0.320. The Morgan fingerprint density at radius 3 is 2.37 bits per heavy atom. The number of carbonyl (C=O) groups excluding carboxylic acids is 1. The van der Waals surface area contributed by atoms with Gasteiger partial charge in [-0.1, -0.05) is 11.6 Å². The molecular formula is C18H21ClN2O5S. The third kappa shape index (κ3) is 5.51. The summed E-state index contributed by atoms with van der Waals surface area (Å²) in [5, 5.41) is 3.17.